The lowest BCUT2D eigenvalue weighted by atomic mass is 9.85. The van der Waals surface area contributed by atoms with Crippen molar-refractivity contribution in [3.63, 3.8) is 0 Å². The Bertz CT molecular complexity index is 560. The molecule has 9 heteroatoms. The normalized spacial score (nSPS) is 22.6. The van der Waals surface area contributed by atoms with Gasteiger partial charge in [-0.3, -0.25) is 4.79 Å². The lowest BCUT2D eigenvalue weighted by Gasteiger charge is -2.21. The predicted molar refractivity (Wildman–Crippen MR) is 50.9 cm³/mol. The van der Waals surface area contributed by atoms with Gasteiger partial charge in [-0.1, -0.05) is 18.2 Å². The molecule has 0 saturated carbocycles. The third-order valence-electron chi connectivity index (χ3n) is 2.69. The minimum atomic E-state index is -5.72. The van der Waals surface area contributed by atoms with E-state index in [9.17, 15) is 35.9 Å². The average molecular weight is 298 g/mol. The summed E-state index contributed by atoms with van der Waals surface area (Å²) in [5.74, 6) is -4.69. The Hall–Kier alpha value is -2.06. The van der Waals surface area contributed by atoms with Crippen molar-refractivity contribution in [2.75, 3.05) is 0 Å². The fourth-order valence-corrected chi connectivity index (χ4v) is 1.98. The van der Waals surface area contributed by atoms with Crippen LogP contribution in [-0.2, 0) is 14.3 Å². The van der Waals surface area contributed by atoms with Crippen molar-refractivity contribution in [2.45, 2.75) is 12.4 Å². The molecular weight excluding hydrogens is 294 g/mol. The number of alkyl halides is 6. The van der Waals surface area contributed by atoms with Crippen molar-refractivity contribution >= 4 is 11.9 Å². The van der Waals surface area contributed by atoms with Crippen molar-refractivity contribution in [1.82, 2.24) is 0 Å². The number of hydrogen-bond donors (Lipinski definition) is 0. The van der Waals surface area contributed by atoms with Gasteiger partial charge in [-0.15, -0.1) is 0 Å². The number of cyclic esters (lactones) is 2. The summed E-state index contributed by atoms with van der Waals surface area (Å²) in [4.78, 5) is 22.5. The Morgan fingerprint density at radius 3 is 2.10 bits per heavy atom. The van der Waals surface area contributed by atoms with Gasteiger partial charge in [0.1, 0.15) is 11.5 Å². The molecule has 0 radical (unpaired) electrons. The number of ether oxygens (including phenoxy) is 1. The molecule has 0 N–H and O–H groups in total. The van der Waals surface area contributed by atoms with E-state index in [1.165, 1.54) is 0 Å². The molecular formula is C11H4F6O3. The molecule has 0 bridgehead atoms. The van der Waals surface area contributed by atoms with Crippen LogP contribution in [-0.4, -0.2) is 24.3 Å². The minimum absolute atomic E-state index is 0.504. The van der Waals surface area contributed by atoms with Gasteiger partial charge in [0, 0.05) is 0 Å². The van der Waals surface area contributed by atoms with Crippen molar-refractivity contribution < 1.29 is 40.7 Å². The van der Waals surface area contributed by atoms with E-state index in [-0.39, 0.29) is 0 Å². The van der Waals surface area contributed by atoms with E-state index in [0.29, 0.717) is 6.08 Å². The molecule has 1 saturated heterocycles. The maximum atomic E-state index is 12.6. The highest BCUT2D eigenvalue weighted by Crippen LogP contribution is 2.46. The highest BCUT2D eigenvalue weighted by Gasteiger charge is 2.56. The second kappa shape index (κ2) is 4.22. The number of fused-ring (bicyclic) bond motifs is 1. The van der Waals surface area contributed by atoms with Crippen LogP contribution in [0.4, 0.5) is 26.3 Å². The Morgan fingerprint density at radius 2 is 1.60 bits per heavy atom. The first kappa shape index (κ1) is 14.4. The molecule has 2 rings (SSSR count). The van der Waals surface area contributed by atoms with Gasteiger partial charge in [-0.2, -0.15) is 26.3 Å². The van der Waals surface area contributed by atoms with Crippen LogP contribution < -0.4 is 0 Å². The summed E-state index contributed by atoms with van der Waals surface area (Å²) in [7, 11) is 0. The van der Waals surface area contributed by atoms with Gasteiger partial charge in [-0.05, 0) is 5.57 Å². The van der Waals surface area contributed by atoms with Crippen LogP contribution in [0.25, 0.3) is 0 Å². The number of esters is 2. The van der Waals surface area contributed by atoms with E-state index in [4.69, 9.17) is 0 Å². The molecule has 0 spiro atoms. The van der Waals surface area contributed by atoms with Crippen molar-refractivity contribution in [2.24, 2.45) is 5.92 Å². The number of rotatable bonds is 0. The molecule has 1 heterocycles. The first-order valence-electron chi connectivity index (χ1n) is 5.06. The second-order valence-corrected chi connectivity index (χ2v) is 3.95. The summed E-state index contributed by atoms with van der Waals surface area (Å²) in [5.41, 5.74) is -4.69. The van der Waals surface area contributed by atoms with E-state index >= 15 is 0 Å². The summed E-state index contributed by atoms with van der Waals surface area (Å²) >= 11 is 0. The first-order chi connectivity index (χ1) is 9.03. The monoisotopic (exact) mass is 298 g/mol. The lowest BCUT2D eigenvalue weighted by molar-refractivity contribution is -0.173. The molecule has 1 aliphatic carbocycles. The van der Waals surface area contributed by atoms with Crippen LogP contribution in [0, 0.1) is 5.92 Å². The highest BCUT2D eigenvalue weighted by atomic mass is 19.4. The molecule has 1 aliphatic heterocycles. The zero-order valence-electron chi connectivity index (χ0n) is 9.30. The van der Waals surface area contributed by atoms with Crippen LogP contribution in [0.2, 0.25) is 0 Å². The van der Waals surface area contributed by atoms with Gasteiger partial charge in [0.15, 0.2) is 0 Å². The number of carbonyl (C=O) groups is 2. The number of hydrogen-bond acceptors (Lipinski definition) is 3. The van der Waals surface area contributed by atoms with Gasteiger partial charge in [0.25, 0.3) is 0 Å². The third-order valence-corrected chi connectivity index (χ3v) is 2.69. The first-order valence-corrected chi connectivity index (χ1v) is 5.06. The molecule has 3 nitrogen and oxygen atoms in total. The van der Waals surface area contributed by atoms with Gasteiger partial charge in [-0.25, -0.2) is 4.79 Å². The van der Waals surface area contributed by atoms with E-state index in [1.54, 1.807) is 0 Å². The quantitative estimate of drug-likeness (QED) is 0.392. The topological polar surface area (TPSA) is 43.4 Å². The lowest BCUT2D eigenvalue weighted by Crippen LogP contribution is -2.31. The van der Waals surface area contributed by atoms with Crippen molar-refractivity contribution in [1.29, 1.82) is 0 Å². The standard InChI is InChI=1S/C11H4F6O3/c12-10(13,14)7(11(15,16)17)4-2-1-3-5-6(4)9(19)20-8(5)18/h1-3,6H. The van der Waals surface area contributed by atoms with Gasteiger partial charge >= 0.3 is 24.3 Å². The zero-order valence-corrected chi connectivity index (χ0v) is 9.30. The Kier molecular flexibility index (Phi) is 3.03. The number of allylic oxidation sites excluding steroid dienone is 4. The molecule has 20 heavy (non-hydrogen) atoms. The summed E-state index contributed by atoms with van der Waals surface area (Å²) < 4.78 is 79.7. The molecule has 0 aromatic carbocycles. The fourth-order valence-electron chi connectivity index (χ4n) is 1.98. The third kappa shape index (κ3) is 2.23. The molecule has 2 aliphatic rings. The molecule has 0 aromatic heterocycles. The molecule has 0 aromatic rings. The van der Waals surface area contributed by atoms with Crippen molar-refractivity contribution in [3.05, 3.63) is 34.9 Å². The van der Waals surface area contributed by atoms with Gasteiger partial charge < -0.3 is 4.74 Å². The Morgan fingerprint density at radius 1 is 1.05 bits per heavy atom. The van der Waals surface area contributed by atoms with Crippen molar-refractivity contribution in [3.8, 4) is 0 Å². The maximum absolute atomic E-state index is 12.6. The smallest absolute Gasteiger partial charge is 0.389 e. The van der Waals surface area contributed by atoms with Crippen LogP contribution in [0.3, 0.4) is 0 Å². The maximum Gasteiger partial charge on any atom is 0.421 e. The average Bonchev–Trinajstić information content (AvgIpc) is 2.51. The molecule has 108 valence electrons. The van der Waals surface area contributed by atoms with E-state index < -0.39 is 46.9 Å². The molecule has 1 fully saturated rings. The van der Waals surface area contributed by atoms with Crippen LogP contribution >= 0.6 is 0 Å². The highest BCUT2D eigenvalue weighted by molar-refractivity contribution is 6.10. The Balaban J connectivity index is 2.68. The Labute approximate surface area is 107 Å². The minimum Gasteiger partial charge on any atom is -0.389 e. The summed E-state index contributed by atoms with van der Waals surface area (Å²) in [6, 6.07) is 0. The predicted octanol–water partition coefficient (Wildman–Crippen LogP) is 2.60. The van der Waals surface area contributed by atoms with Gasteiger partial charge in [0.05, 0.1) is 5.57 Å². The molecule has 1 atom stereocenters. The molecule has 0 amide bonds. The largest absolute Gasteiger partial charge is 0.421 e. The second-order valence-electron chi connectivity index (χ2n) is 3.95. The fraction of sp³-hybridized carbons (Fsp3) is 0.273. The number of halogens is 6. The summed E-state index contributed by atoms with van der Waals surface area (Å²) in [6.45, 7) is 0. The van der Waals surface area contributed by atoms with Crippen LogP contribution in [0.5, 0.6) is 0 Å². The van der Waals surface area contributed by atoms with E-state index in [0.717, 1.165) is 12.2 Å². The van der Waals surface area contributed by atoms with Crippen LogP contribution in [0.1, 0.15) is 0 Å². The van der Waals surface area contributed by atoms with Crippen LogP contribution in [0.15, 0.2) is 34.9 Å². The van der Waals surface area contributed by atoms with Gasteiger partial charge in [0.2, 0.25) is 0 Å². The number of carbonyl (C=O) groups excluding carboxylic acids is 2. The summed E-state index contributed by atoms with van der Waals surface area (Å²) in [6.07, 6.45) is -9.15. The van der Waals surface area contributed by atoms with E-state index in [1.807, 2.05) is 0 Å². The SMILES string of the molecule is O=C1OC(=O)C2C1=CC=CC2=C(C(F)(F)F)C(F)(F)F. The summed E-state index contributed by atoms with van der Waals surface area (Å²) in [5, 5.41) is 0. The zero-order chi connectivity index (χ0) is 15.3. The van der Waals surface area contributed by atoms with E-state index in [2.05, 4.69) is 4.74 Å². The molecule has 1 unspecified atom stereocenters.